The largest absolute Gasteiger partial charge is 0.372 e. The van der Waals surface area contributed by atoms with Gasteiger partial charge in [0.25, 0.3) is 5.91 Å². The molecule has 8 heteroatoms. The molecule has 1 fully saturated rings. The first-order valence-corrected chi connectivity index (χ1v) is 12.5. The molecule has 1 saturated heterocycles. The van der Waals surface area contributed by atoms with Crippen molar-refractivity contribution in [3.63, 3.8) is 0 Å². The molecule has 2 aromatic carbocycles. The maximum atomic E-state index is 12.8. The zero-order chi connectivity index (χ0) is 22.2. The number of benzene rings is 2. The van der Waals surface area contributed by atoms with Crippen molar-refractivity contribution in [2.75, 3.05) is 30.0 Å². The van der Waals surface area contributed by atoms with Gasteiger partial charge in [0.2, 0.25) is 5.91 Å². The summed E-state index contributed by atoms with van der Waals surface area (Å²) in [6, 6.07) is 12.3. The second-order valence-electron chi connectivity index (χ2n) is 7.51. The van der Waals surface area contributed by atoms with E-state index < -0.39 is 11.9 Å². The van der Waals surface area contributed by atoms with Gasteiger partial charge in [-0.15, -0.1) is 0 Å². The summed E-state index contributed by atoms with van der Waals surface area (Å²) < 4.78 is 0. The fourth-order valence-corrected chi connectivity index (χ4v) is 4.49. The maximum Gasteiger partial charge on any atom is 0.253 e. The Morgan fingerprint density at radius 1 is 1.10 bits per heavy atom. The Labute approximate surface area is 197 Å². The molecule has 0 spiro atoms. The highest BCUT2D eigenvalue weighted by atomic mass is 35.5. The van der Waals surface area contributed by atoms with Crippen molar-refractivity contribution in [3.8, 4) is 0 Å². The van der Waals surface area contributed by atoms with Gasteiger partial charge in [0.1, 0.15) is 6.04 Å². The first-order chi connectivity index (χ1) is 15.0. The number of nitrogens with one attached hydrogen (secondary N) is 2. The van der Waals surface area contributed by atoms with E-state index in [9.17, 15) is 9.59 Å². The Morgan fingerprint density at radius 2 is 1.81 bits per heavy atom. The van der Waals surface area contributed by atoms with E-state index in [1.165, 1.54) is 24.6 Å². The first-order valence-electron chi connectivity index (χ1n) is 10.3. The third-order valence-electron chi connectivity index (χ3n) is 5.28. The van der Waals surface area contributed by atoms with Crippen LogP contribution in [0.15, 0.2) is 42.5 Å². The molecule has 0 saturated carbocycles. The highest BCUT2D eigenvalue weighted by molar-refractivity contribution is 7.98. The fraction of sp³-hybridized carbons (Fsp3) is 0.391. The van der Waals surface area contributed by atoms with Crippen LogP contribution in [-0.2, 0) is 11.3 Å². The van der Waals surface area contributed by atoms with Gasteiger partial charge in [-0.1, -0.05) is 35.3 Å². The highest BCUT2D eigenvalue weighted by Gasteiger charge is 2.22. The van der Waals surface area contributed by atoms with Crippen LogP contribution in [-0.4, -0.2) is 43.0 Å². The summed E-state index contributed by atoms with van der Waals surface area (Å²) in [6.07, 6.45) is 4.97. The summed E-state index contributed by atoms with van der Waals surface area (Å²) in [4.78, 5) is 27.8. The summed E-state index contributed by atoms with van der Waals surface area (Å²) in [5.74, 6) is 0.144. The van der Waals surface area contributed by atoms with Crippen molar-refractivity contribution in [1.29, 1.82) is 0 Å². The monoisotopic (exact) mass is 479 g/mol. The van der Waals surface area contributed by atoms with Crippen molar-refractivity contribution in [3.05, 3.63) is 63.6 Å². The molecule has 0 bridgehead atoms. The van der Waals surface area contributed by atoms with E-state index in [-0.39, 0.29) is 10.9 Å². The standard InChI is InChI=1S/C23H27Cl2N3O2S/c1-31-13-10-21(27-22(29)19-9-6-17(24)14-20(19)25)23(30)26-15-16-4-7-18(8-5-16)28-11-2-3-12-28/h4-9,14,21H,2-3,10-13,15H2,1H3,(H,26,30)(H,27,29). The smallest absolute Gasteiger partial charge is 0.253 e. The van der Waals surface area contributed by atoms with E-state index in [0.717, 1.165) is 24.4 Å². The van der Waals surface area contributed by atoms with E-state index in [4.69, 9.17) is 23.2 Å². The van der Waals surface area contributed by atoms with E-state index >= 15 is 0 Å². The number of rotatable bonds is 9. The van der Waals surface area contributed by atoms with E-state index in [1.54, 1.807) is 23.9 Å². The molecular formula is C23H27Cl2N3O2S. The van der Waals surface area contributed by atoms with Gasteiger partial charge in [-0.2, -0.15) is 11.8 Å². The van der Waals surface area contributed by atoms with Crippen LogP contribution >= 0.6 is 35.0 Å². The minimum atomic E-state index is -0.643. The lowest BCUT2D eigenvalue weighted by molar-refractivity contribution is -0.123. The predicted octanol–water partition coefficient (Wildman–Crippen LogP) is 4.76. The van der Waals surface area contributed by atoms with Crippen molar-refractivity contribution < 1.29 is 9.59 Å². The first kappa shape index (κ1) is 23.8. The van der Waals surface area contributed by atoms with Crippen LogP contribution in [0, 0.1) is 0 Å². The molecule has 1 aliphatic rings. The molecule has 0 radical (unpaired) electrons. The third-order valence-corrected chi connectivity index (χ3v) is 6.47. The van der Waals surface area contributed by atoms with Crippen molar-refractivity contribution in [2.45, 2.75) is 31.8 Å². The molecule has 2 N–H and O–H groups in total. The molecule has 1 heterocycles. The van der Waals surface area contributed by atoms with Crippen LogP contribution in [0.1, 0.15) is 35.2 Å². The number of amides is 2. The number of hydrogen-bond donors (Lipinski definition) is 2. The van der Waals surface area contributed by atoms with Gasteiger partial charge in [-0.25, -0.2) is 0 Å². The molecule has 31 heavy (non-hydrogen) atoms. The number of hydrogen-bond acceptors (Lipinski definition) is 4. The van der Waals surface area contributed by atoms with Crippen LogP contribution in [0.4, 0.5) is 5.69 Å². The van der Waals surface area contributed by atoms with Gasteiger partial charge < -0.3 is 15.5 Å². The summed E-state index contributed by atoms with van der Waals surface area (Å²) in [7, 11) is 0. The van der Waals surface area contributed by atoms with Gasteiger partial charge >= 0.3 is 0 Å². The molecular weight excluding hydrogens is 453 g/mol. The second kappa shape index (κ2) is 11.7. The van der Waals surface area contributed by atoms with E-state index in [2.05, 4.69) is 27.7 Å². The van der Waals surface area contributed by atoms with Gasteiger partial charge in [-0.3, -0.25) is 9.59 Å². The molecule has 1 unspecified atom stereocenters. The lowest BCUT2D eigenvalue weighted by Crippen LogP contribution is -2.47. The summed E-state index contributed by atoms with van der Waals surface area (Å²) in [6.45, 7) is 2.61. The number of anilines is 1. The molecule has 0 aromatic heterocycles. The fourth-order valence-electron chi connectivity index (χ4n) is 3.53. The number of nitrogens with zero attached hydrogens (tertiary/aromatic N) is 1. The van der Waals surface area contributed by atoms with E-state index in [0.29, 0.717) is 23.6 Å². The van der Waals surface area contributed by atoms with Crippen LogP contribution in [0.5, 0.6) is 0 Å². The zero-order valence-corrected chi connectivity index (χ0v) is 19.8. The highest BCUT2D eigenvalue weighted by Crippen LogP contribution is 2.22. The predicted molar refractivity (Wildman–Crippen MR) is 130 cm³/mol. The molecule has 1 atom stereocenters. The Bertz CT molecular complexity index is 902. The number of carbonyl (C=O) groups excluding carboxylic acids is 2. The van der Waals surface area contributed by atoms with Crippen molar-refractivity contribution in [1.82, 2.24) is 10.6 Å². The number of carbonyl (C=O) groups is 2. The van der Waals surface area contributed by atoms with Crippen LogP contribution < -0.4 is 15.5 Å². The Hall–Kier alpha value is -1.89. The quantitative estimate of drug-likeness (QED) is 0.543. The summed E-state index contributed by atoms with van der Waals surface area (Å²) in [5.41, 5.74) is 2.54. The number of halogens is 2. The van der Waals surface area contributed by atoms with Crippen molar-refractivity contribution >= 4 is 52.5 Å². The minimum Gasteiger partial charge on any atom is -0.372 e. The van der Waals surface area contributed by atoms with Gasteiger partial charge in [0, 0.05) is 30.3 Å². The average molecular weight is 480 g/mol. The van der Waals surface area contributed by atoms with Gasteiger partial charge in [0.15, 0.2) is 0 Å². The summed E-state index contributed by atoms with van der Waals surface area (Å²) in [5, 5.41) is 6.47. The molecule has 2 amide bonds. The maximum absolute atomic E-state index is 12.8. The van der Waals surface area contributed by atoms with Gasteiger partial charge in [-0.05, 0) is 67.2 Å². The Balaban J connectivity index is 1.59. The summed E-state index contributed by atoms with van der Waals surface area (Å²) >= 11 is 13.7. The Kier molecular flexibility index (Phi) is 8.93. The zero-order valence-electron chi connectivity index (χ0n) is 17.5. The van der Waals surface area contributed by atoms with Crippen LogP contribution in [0.3, 0.4) is 0 Å². The molecule has 3 rings (SSSR count). The normalized spacial score (nSPS) is 14.4. The van der Waals surface area contributed by atoms with Crippen LogP contribution in [0.25, 0.3) is 0 Å². The molecule has 166 valence electrons. The molecule has 5 nitrogen and oxygen atoms in total. The second-order valence-corrected chi connectivity index (χ2v) is 9.34. The van der Waals surface area contributed by atoms with Crippen molar-refractivity contribution in [2.24, 2.45) is 0 Å². The number of thioether (sulfide) groups is 1. The molecule has 2 aromatic rings. The SMILES string of the molecule is CSCCC(NC(=O)c1ccc(Cl)cc1Cl)C(=O)NCc1ccc(N2CCCC2)cc1. The average Bonchev–Trinajstić information content (AvgIpc) is 3.30. The van der Waals surface area contributed by atoms with Gasteiger partial charge in [0.05, 0.1) is 10.6 Å². The van der Waals surface area contributed by atoms with E-state index in [1.807, 2.05) is 18.4 Å². The van der Waals surface area contributed by atoms with Crippen LogP contribution in [0.2, 0.25) is 10.0 Å². The third kappa shape index (κ3) is 6.79. The lowest BCUT2D eigenvalue weighted by Gasteiger charge is -2.19. The molecule has 0 aliphatic carbocycles. The lowest BCUT2D eigenvalue weighted by atomic mass is 10.1. The Morgan fingerprint density at radius 3 is 2.45 bits per heavy atom. The molecule has 1 aliphatic heterocycles. The minimum absolute atomic E-state index is 0.212. The topological polar surface area (TPSA) is 61.4 Å².